The van der Waals surface area contributed by atoms with Crippen LogP contribution in [0.25, 0.3) is 49.7 Å². The van der Waals surface area contributed by atoms with E-state index in [1.165, 1.54) is 38.5 Å². The fourth-order valence-corrected chi connectivity index (χ4v) is 13.5. The molecule has 11 aromatic rings. The standard InChI is InChI=1S/C77H71BN2O/c1-73(2,3)51-32-38-65(56(42-51)49-25-17-14-18-26-49)80-68-41-50(48-23-15-13-16-24-48)31-36-64(68)78-63-37-35-55(79-66-39-33-52(74(4,5)6)43-57(66)58-44-53(75(7,8)9)34-40-67(58)79)47-61(63)77(62-45-54(76(10,11)12)46-69(80)72(62)78)59-27-19-21-29-70(59)81-71-30-22-20-28-60(71)77/h13-47H,1-12H3/i13D,15D,16D,23D,24D. The summed E-state index contributed by atoms with van der Waals surface area (Å²) in [4.78, 5) is 2.44. The van der Waals surface area contributed by atoms with Crippen LogP contribution in [-0.2, 0) is 27.1 Å². The summed E-state index contributed by atoms with van der Waals surface area (Å²) < 4.78 is 54.7. The van der Waals surface area contributed by atoms with Crippen LogP contribution in [0.2, 0.25) is 0 Å². The van der Waals surface area contributed by atoms with Gasteiger partial charge in [0.1, 0.15) is 11.5 Å². The molecule has 0 unspecified atom stereocenters. The van der Waals surface area contributed by atoms with Crippen LogP contribution in [0.15, 0.2) is 212 Å². The van der Waals surface area contributed by atoms with Crippen LogP contribution < -0.4 is 26.0 Å². The number of fused-ring (bicyclic) bond motifs is 13. The van der Waals surface area contributed by atoms with Gasteiger partial charge >= 0.3 is 0 Å². The molecular formula is C77H71BN2O. The third kappa shape index (κ3) is 7.84. The third-order valence-electron chi connectivity index (χ3n) is 17.8. The molecule has 0 N–H and O–H groups in total. The van der Waals surface area contributed by atoms with Crippen molar-refractivity contribution < 1.29 is 11.6 Å². The van der Waals surface area contributed by atoms with E-state index in [1.54, 1.807) is 0 Å². The zero-order valence-electron chi connectivity index (χ0n) is 53.7. The van der Waals surface area contributed by atoms with Crippen LogP contribution in [-0.4, -0.2) is 11.3 Å². The van der Waals surface area contributed by atoms with Crippen LogP contribution in [0, 0.1) is 0 Å². The van der Waals surface area contributed by atoms with Crippen molar-refractivity contribution in [2.45, 2.75) is 110 Å². The van der Waals surface area contributed by atoms with E-state index >= 15 is 0 Å². The van der Waals surface area contributed by atoms with Crippen LogP contribution in [0.5, 0.6) is 11.5 Å². The number of anilines is 3. The maximum absolute atomic E-state index is 9.37. The first-order chi connectivity index (χ1) is 40.8. The number of rotatable bonds is 4. The van der Waals surface area contributed by atoms with Crippen molar-refractivity contribution in [2.75, 3.05) is 4.90 Å². The Morgan fingerprint density at radius 2 is 0.963 bits per heavy atom. The van der Waals surface area contributed by atoms with Gasteiger partial charge in [-0.2, -0.15) is 0 Å². The lowest BCUT2D eigenvalue weighted by molar-refractivity contribution is 0.435. The highest BCUT2D eigenvalue weighted by Gasteiger charge is 2.55. The molecule has 0 radical (unpaired) electrons. The first-order valence-electron chi connectivity index (χ1n) is 31.3. The molecule has 0 bridgehead atoms. The molecule has 398 valence electrons. The minimum Gasteiger partial charge on any atom is -0.457 e. The Kier molecular flexibility index (Phi) is 9.99. The Morgan fingerprint density at radius 1 is 0.407 bits per heavy atom. The van der Waals surface area contributed by atoms with Crippen LogP contribution >= 0.6 is 0 Å². The van der Waals surface area contributed by atoms with E-state index in [-0.39, 0.29) is 58.1 Å². The average molecular weight is 1060 g/mol. The molecule has 0 saturated carbocycles. The largest absolute Gasteiger partial charge is 0.457 e. The van der Waals surface area contributed by atoms with Gasteiger partial charge in [0, 0.05) is 44.5 Å². The fourth-order valence-electron chi connectivity index (χ4n) is 13.5. The van der Waals surface area contributed by atoms with E-state index in [0.29, 0.717) is 5.56 Å². The van der Waals surface area contributed by atoms with Gasteiger partial charge in [-0.1, -0.05) is 228 Å². The van der Waals surface area contributed by atoms with E-state index in [2.05, 4.69) is 268 Å². The minimum atomic E-state index is -0.926. The van der Waals surface area contributed by atoms with Crippen molar-refractivity contribution >= 4 is 62.0 Å². The summed E-state index contributed by atoms with van der Waals surface area (Å²) in [6.07, 6.45) is 0. The zero-order valence-corrected chi connectivity index (χ0v) is 48.7. The van der Waals surface area contributed by atoms with Gasteiger partial charge in [-0.3, -0.25) is 0 Å². The molecule has 0 saturated heterocycles. The molecule has 81 heavy (non-hydrogen) atoms. The normalized spacial score (nSPS) is 15.2. The van der Waals surface area contributed by atoms with Crippen molar-refractivity contribution in [3.63, 3.8) is 0 Å². The Balaban J connectivity index is 1.16. The van der Waals surface area contributed by atoms with Gasteiger partial charge in [-0.25, -0.2) is 0 Å². The van der Waals surface area contributed by atoms with E-state index in [1.807, 2.05) is 6.07 Å². The number of ether oxygens (including phenoxy) is 1. The quantitative estimate of drug-likeness (QED) is 0.163. The topological polar surface area (TPSA) is 17.4 Å². The van der Waals surface area contributed by atoms with Crippen LogP contribution in [0.3, 0.4) is 0 Å². The molecule has 3 nitrogen and oxygen atoms in total. The molecule has 14 rings (SSSR count). The Morgan fingerprint density at radius 3 is 1.57 bits per heavy atom. The number of nitrogens with zero attached hydrogens (tertiary/aromatic N) is 2. The van der Waals surface area contributed by atoms with E-state index in [9.17, 15) is 2.74 Å². The molecule has 1 aromatic heterocycles. The summed E-state index contributed by atoms with van der Waals surface area (Å²) in [6.45, 7) is 27.1. The van der Waals surface area contributed by atoms with E-state index in [4.69, 9.17) is 8.85 Å². The first kappa shape index (κ1) is 45.4. The van der Waals surface area contributed by atoms with Gasteiger partial charge in [-0.15, -0.1) is 0 Å². The number of hydrogen-bond donors (Lipinski definition) is 0. The van der Waals surface area contributed by atoms with Crippen molar-refractivity contribution in [1.82, 2.24) is 4.57 Å². The monoisotopic (exact) mass is 1060 g/mol. The van der Waals surface area contributed by atoms with Crippen LogP contribution in [0.4, 0.5) is 17.1 Å². The highest BCUT2D eigenvalue weighted by atomic mass is 16.5. The SMILES string of the molecule is [2H]c1c([2H])c([2H])c(-c2ccc3c(c2)N(c2ccc(C(C)(C)C)cc2-c2ccccc2)c2cc(C(C)(C)C)cc4c2B3c2ccc(-n3c5ccc(C(C)(C)C)cc5c5cc(C(C)(C)C)ccc53)cc2C42c3ccccc3Oc3ccccc32)c([2H])c1[2H]. The smallest absolute Gasteiger partial charge is 0.247 e. The highest BCUT2D eigenvalue weighted by Crippen LogP contribution is 2.58. The first-order valence-corrected chi connectivity index (χ1v) is 28.8. The molecule has 4 heteroatoms. The summed E-state index contributed by atoms with van der Waals surface area (Å²) in [5, 5.41) is 2.44. The fraction of sp³-hybridized carbons (Fsp3) is 0.221. The van der Waals surface area contributed by atoms with Gasteiger partial charge in [0.05, 0.1) is 29.0 Å². The number of para-hydroxylation sites is 2. The molecule has 0 aliphatic carbocycles. The predicted octanol–water partition coefficient (Wildman–Crippen LogP) is 18.4. The summed E-state index contributed by atoms with van der Waals surface area (Å²) in [5.74, 6) is 1.61. The number of benzene rings is 10. The minimum absolute atomic E-state index is 0.0647. The second-order valence-electron chi connectivity index (χ2n) is 27.0. The zero-order chi connectivity index (χ0) is 60.5. The van der Waals surface area contributed by atoms with Crippen molar-refractivity contribution in [1.29, 1.82) is 0 Å². The molecule has 3 aliphatic rings. The summed E-state index contributed by atoms with van der Waals surface area (Å²) >= 11 is 0. The molecule has 4 heterocycles. The lowest BCUT2D eigenvalue weighted by Crippen LogP contribution is -2.65. The van der Waals surface area contributed by atoms with Gasteiger partial charge in [0.25, 0.3) is 0 Å². The second kappa shape index (κ2) is 17.8. The van der Waals surface area contributed by atoms with Gasteiger partial charge < -0.3 is 14.2 Å². The second-order valence-corrected chi connectivity index (χ2v) is 27.0. The summed E-state index contributed by atoms with van der Waals surface area (Å²) in [5.41, 5.74) is 20.1. The Hall–Kier alpha value is -8.34. The van der Waals surface area contributed by atoms with Crippen LogP contribution in [0.1, 0.15) is 134 Å². The molecule has 0 fully saturated rings. The summed E-state index contributed by atoms with van der Waals surface area (Å²) in [6, 6.07) is 65.7. The van der Waals surface area contributed by atoms with Crippen molar-refractivity contribution in [3.05, 3.63) is 257 Å². The average Bonchev–Trinajstić information content (AvgIpc) is 0.738. The molecule has 3 aliphatic heterocycles. The predicted molar refractivity (Wildman–Crippen MR) is 344 cm³/mol. The van der Waals surface area contributed by atoms with Gasteiger partial charge in [-0.05, 0) is 155 Å². The van der Waals surface area contributed by atoms with Gasteiger partial charge in [0.15, 0.2) is 0 Å². The third-order valence-corrected chi connectivity index (χ3v) is 17.8. The Labute approximate surface area is 487 Å². The van der Waals surface area contributed by atoms with E-state index in [0.717, 1.165) is 89.6 Å². The van der Waals surface area contributed by atoms with Gasteiger partial charge in [0.2, 0.25) is 6.71 Å². The van der Waals surface area contributed by atoms with E-state index < -0.39 is 11.5 Å². The lowest BCUT2D eigenvalue weighted by atomic mass is 9.29. The van der Waals surface area contributed by atoms with Crippen molar-refractivity contribution in [2.24, 2.45) is 0 Å². The number of hydrogen-bond acceptors (Lipinski definition) is 2. The molecule has 0 atom stereocenters. The maximum Gasteiger partial charge on any atom is 0.247 e. The molecular weight excluding hydrogens is 980 g/mol. The molecule has 10 aromatic carbocycles. The van der Waals surface area contributed by atoms with Crippen molar-refractivity contribution in [3.8, 4) is 39.4 Å². The maximum atomic E-state index is 9.37. The molecule has 1 spiro atoms. The number of aromatic nitrogens is 1. The summed E-state index contributed by atoms with van der Waals surface area (Å²) in [7, 11) is 0. The highest BCUT2D eigenvalue weighted by molar-refractivity contribution is 6.99. The lowest BCUT2D eigenvalue weighted by Gasteiger charge is -2.51. The molecule has 0 amide bonds. The Bertz CT molecular complexity index is 4540.